The summed E-state index contributed by atoms with van der Waals surface area (Å²) in [6, 6.07) is 17.7. The van der Waals surface area contributed by atoms with Crippen LogP contribution in [0.4, 0.5) is 18.9 Å². The monoisotopic (exact) mass is 490 g/mol. The van der Waals surface area contributed by atoms with Gasteiger partial charge in [-0.05, 0) is 48.0 Å². The van der Waals surface area contributed by atoms with Crippen LogP contribution in [0.3, 0.4) is 0 Å². The van der Waals surface area contributed by atoms with Gasteiger partial charge in [-0.2, -0.15) is 18.4 Å². The van der Waals surface area contributed by atoms with E-state index in [0.29, 0.717) is 21.4 Å². The molecule has 168 valence electrons. The number of amides is 1. The molecule has 0 radical (unpaired) electrons. The SMILES string of the molecule is N#C/C(=C\c1ccccc1OCc1ccc(Cl)c(Cl)c1)C(=O)Nc1cccc(C(F)(F)F)c1. The molecule has 4 nitrogen and oxygen atoms in total. The minimum atomic E-state index is -4.56. The van der Waals surface area contributed by atoms with Crippen LogP contribution in [-0.4, -0.2) is 5.91 Å². The number of ether oxygens (including phenoxy) is 1. The first kappa shape index (κ1) is 24.2. The highest BCUT2D eigenvalue weighted by Crippen LogP contribution is 2.31. The number of carbonyl (C=O) groups is 1. The molecule has 0 fully saturated rings. The highest BCUT2D eigenvalue weighted by atomic mass is 35.5. The fraction of sp³-hybridized carbons (Fsp3) is 0.0833. The van der Waals surface area contributed by atoms with Gasteiger partial charge >= 0.3 is 6.18 Å². The van der Waals surface area contributed by atoms with E-state index in [-0.39, 0.29) is 17.9 Å². The largest absolute Gasteiger partial charge is 0.488 e. The van der Waals surface area contributed by atoms with Crippen LogP contribution in [0.5, 0.6) is 5.75 Å². The zero-order valence-corrected chi connectivity index (χ0v) is 18.3. The molecule has 0 spiro atoms. The molecule has 0 aromatic heterocycles. The summed E-state index contributed by atoms with van der Waals surface area (Å²) in [5, 5.41) is 12.6. The topological polar surface area (TPSA) is 62.1 Å². The van der Waals surface area contributed by atoms with Crippen molar-refractivity contribution in [2.45, 2.75) is 12.8 Å². The van der Waals surface area contributed by atoms with Crippen molar-refractivity contribution >= 4 is 40.9 Å². The van der Waals surface area contributed by atoms with Gasteiger partial charge in [-0.25, -0.2) is 0 Å². The van der Waals surface area contributed by atoms with Crippen LogP contribution in [0, 0.1) is 11.3 Å². The van der Waals surface area contributed by atoms with Crippen molar-refractivity contribution in [3.8, 4) is 11.8 Å². The lowest BCUT2D eigenvalue weighted by Gasteiger charge is -2.11. The number of hydrogen-bond acceptors (Lipinski definition) is 3. The maximum Gasteiger partial charge on any atom is 0.416 e. The molecule has 0 saturated carbocycles. The van der Waals surface area contributed by atoms with Gasteiger partial charge in [-0.15, -0.1) is 0 Å². The predicted octanol–water partition coefficient (Wildman–Crippen LogP) is 7.14. The number of hydrogen-bond donors (Lipinski definition) is 1. The Hall–Kier alpha value is -3.47. The first-order valence-electron chi connectivity index (χ1n) is 9.43. The zero-order valence-electron chi connectivity index (χ0n) is 16.8. The standard InChI is InChI=1S/C24H15Cl2F3N2O2/c25-20-9-8-15(10-21(20)26)14-33-22-7-2-1-4-16(22)11-17(13-30)23(32)31-19-6-3-5-18(12-19)24(27,28)29/h1-12H,14H2,(H,31,32)/b17-11+. The summed E-state index contributed by atoms with van der Waals surface area (Å²) >= 11 is 11.9. The van der Waals surface area contributed by atoms with Crippen LogP contribution in [0.2, 0.25) is 10.0 Å². The number of rotatable bonds is 6. The van der Waals surface area contributed by atoms with Gasteiger partial charge in [0.25, 0.3) is 5.91 Å². The number of benzene rings is 3. The van der Waals surface area contributed by atoms with Crippen LogP contribution in [-0.2, 0) is 17.6 Å². The molecule has 0 heterocycles. The van der Waals surface area contributed by atoms with Crippen LogP contribution in [0.25, 0.3) is 6.08 Å². The average molecular weight is 491 g/mol. The number of nitrogens with zero attached hydrogens (tertiary/aromatic N) is 1. The van der Waals surface area contributed by atoms with Crippen molar-refractivity contribution < 1.29 is 22.7 Å². The summed E-state index contributed by atoms with van der Waals surface area (Å²) in [7, 11) is 0. The van der Waals surface area contributed by atoms with Crippen molar-refractivity contribution in [1.82, 2.24) is 0 Å². The van der Waals surface area contributed by atoms with Gasteiger partial charge in [-0.3, -0.25) is 4.79 Å². The lowest BCUT2D eigenvalue weighted by molar-refractivity contribution is -0.137. The molecule has 3 aromatic carbocycles. The number of nitrogens with one attached hydrogen (secondary N) is 1. The van der Waals surface area contributed by atoms with E-state index in [2.05, 4.69) is 5.32 Å². The lowest BCUT2D eigenvalue weighted by atomic mass is 10.1. The number of para-hydroxylation sites is 1. The Balaban J connectivity index is 1.79. The van der Waals surface area contributed by atoms with Crippen LogP contribution in [0.1, 0.15) is 16.7 Å². The molecular weight excluding hydrogens is 476 g/mol. The summed E-state index contributed by atoms with van der Waals surface area (Å²) in [5.74, 6) is -0.459. The van der Waals surface area contributed by atoms with Gasteiger partial charge in [-0.1, -0.05) is 53.5 Å². The summed E-state index contributed by atoms with van der Waals surface area (Å²) < 4.78 is 44.5. The summed E-state index contributed by atoms with van der Waals surface area (Å²) in [6.07, 6.45) is -3.26. The second kappa shape index (κ2) is 10.4. The van der Waals surface area contributed by atoms with Gasteiger partial charge in [0.2, 0.25) is 0 Å². The highest BCUT2D eigenvalue weighted by molar-refractivity contribution is 6.42. The van der Waals surface area contributed by atoms with Crippen molar-refractivity contribution in [3.05, 3.63) is 99.0 Å². The quantitative estimate of drug-likeness (QED) is 0.295. The molecular formula is C24H15Cl2F3N2O2. The van der Waals surface area contributed by atoms with E-state index in [1.165, 1.54) is 18.2 Å². The molecule has 0 aliphatic rings. The number of halogens is 5. The van der Waals surface area contributed by atoms with E-state index in [9.17, 15) is 23.2 Å². The Morgan fingerprint density at radius 2 is 1.79 bits per heavy atom. The zero-order chi connectivity index (χ0) is 24.0. The van der Waals surface area contributed by atoms with Crippen molar-refractivity contribution in [1.29, 1.82) is 5.26 Å². The second-order valence-electron chi connectivity index (χ2n) is 6.78. The van der Waals surface area contributed by atoms with E-state index in [4.69, 9.17) is 27.9 Å². The molecule has 1 N–H and O–H groups in total. The maximum absolute atomic E-state index is 12.9. The smallest absolute Gasteiger partial charge is 0.416 e. The Bertz CT molecular complexity index is 1250. The molecule has 3 rings (SSSR count). The van der Waals surface area contributed by atoms with Gasteiger partial charge in [0.1, 0.15) is 24.0 Å². The van der Waals surface area contributed by atoms with E-state index in [1.807, 2.05) is 0 Å². The normalized spacial score (nSPS) is 11.6. The van der Waals surface area contributed by atoms with Crippen molar-refractivity contribution in [3.63, 3.8) is 0 Å². The van der Waals surface area contributed by atoms with E-state index >= 15 is 0 Å². The number of alkyl halides is 3. The van der Waals surface area contributed by atoms with Gasteiger partial charge < -0.3 is 10.1 Å². The van der Waals surface area contributed by atoms with Crippen molar-refractivity contribution in [2.24, 2.45) is 0 Å². The van der Waals surface area contributed by atoms with E-state index < -0.39 is 17.6 Å². The first-order chi connectivity index (χ1) is 15.7. The third-order valence-corrected chi connectivity index (χ3v) is 5.15. The Kier molecular flexibility index (Phi) is 7.64. The van der Waals surface area contributed by atoms with Gasteiger partial charge in [0, 0.05) is 11.3 Å². The Morgan fingerprint density at radius 1 is 1.03 bits per heavy atom. The summed E-state index contributed by atoms with van der Waals surface area (Å²) in [4.78, 5) is 12.5. The molecule has 33 heavy (non-hydrogen) atoms. The Labute approximate surface area is 197 Å². The van der Waals surface area contributed by atoms with Gasteiger partial charge in [0.15, 0.2) is 0 Å². The number of nitriles is 1. The molecule has 9 heteroatoms. The minimum absolute atomic E-state index is 0.0832. The maximum atomic E-state index is 12.9. The fourth-order valence-electron chi connectivity index (χ4n) is 2.80. The molecule has 0 aliphatic heterocycles. The molecule has 0 saturated heterocycles. The van der Waals surface area contributed by atoms with Crippen molar-refractivity contribution in [2.75, 3.05) is 5.32 Å². The van der Waals surface area contributed by atoms with Crippen LogP contribution < -0.4 is 10.1 Å². The predicted molar refractivity (Wildman–Crippen MR) is 121 cm³/mol. The number of anilines is 1. The van der Waals surface area contributed by atoms with Crippen LogP contribution in [0.15, 0.2) is 72.3 Å². The molecule has 3 aromatic rings. The second-order valence-corrected chi connectivity index (χ2v) is 7.59. The first-order valence-corrected chi connectivity index (χ1v) is 10.2. The third kappa shape index (κ3) is 6.51. The molecule has 1 amide bonds. The fourth-order valence-corrected chi connectivity index (χ4v) is 3.12. The third-order valence-electron chi connectivity index (χ3n) is 4.41. The van der Waals surface area contributed by atoms with E-state index in [0.717, 1.165) is 17.7 Å². The molecule has 0 atom stereocenters. The van der Waals surface area contributed by atoms with Crippen LogP contribution >= 0.6 is 23.2 Å². The Morgan fingerprint density at radius 3 is 2.48 bits per heavy atom. The number of carbonyl (C=O) groups excluding carboxylic acids is 1. The molecule has 0 bridgehead atoms. The minimum Gasteiger partial charge on any atom is -0.488 e. The lowest BCUT2D eigenvalue weighted by Crippen LogP contribution is -2.14. The highest BCUT2D eigenvalue weighted by Gasteiger charge is 2.30. The molecule has 0 aliphatic carbocycles. The van der Waals surface area contributed by atoms with Gasteiger partial charge in [0.05, 0.1) is 15.6 Å². The summed E-state index contributed by atoms with van der Waals surface area (Å²) in [6.45, 7) is 0.153. The van der Waals surface area contributed by atoms with E-state index in [1.54, 1.807) is 48.5 Å². The summed E-state index contributed by atoms with van der Waals surface area (Å²) in [5.41, 5.74) is -0.110. The molecule has 0 unspecified atom stereocenters. The average Bonchev–Trinajstić information content (AvgIpc) is 2.78.